The zero-order valence-electron chi connectivity index (χ0n) is 65.5. The van der Waals surface area contributed by atoms with Crippen molar-refractivity contribution >= 4 is 181 Å². The summed E-state index contributed by atoms with van der Waals surface area (Å²) in [5.41, 5.74) is -1.30. The number of hydrogen-bond donors (Lipinski definition) is 0. The SMILES string of the molecule is CC.CC.[C-]#[N+]/C(C#N)=C(/C#N)c1ccc(-c2ccc(-c3ccc(/C(C#N)=C(/C#N)[N+]#[C-])s3)s2)s1.[C-]#[N+]/C(C#N)=C(/C#N)c1ccc(-c2ccc(-c3ccc(/C(C#N)=C(/C#N)[N+]#[C-])s3)s2)s1.[C-]#[N+]/C(C#N)=C(/C#N)c1ccc(-c2ccc(-c3ccc(/C(C#N)=C(/C#N)[N+]#[C-])s3)s2)s1.[C-]#[N+]C(=C(C#N)C#N)c1ccc(-c2ccc(-c3ccc(C([N+]#[C-])=C(C#N)C#N)s3)s2)s1. The Morgan fingerprint density at radius 1 is 0.172 bits per heavy atom. The predicted molar refractivity (Wildman–Crippen MR) is 504 cm³/mol. The van der Waals surface area contributed by atoms with Crippen LogP contribution in [0.25, 0.3) is 162 Å². The summed E-state index contributed by atoms with van der Waals surface area (Å²) in [7, 11) is 0. The number of nitrogens with zero attached hydrogens (tertiary/aromatic N) is 24. The van der Waals surface area contributed by atoms with E-state index in [-0.39, 0.29) is 90.2 Å². The zero-order chi connectivity index (χ0) is 93.5. The van der Waals surface area contributed by atoms with Crippen LogP contribution in [-0.2, 0) is 0 Å². The summed E-state index contributed by atoms with van der Waals surface area (Å²) in [5.74, 6) is 0. The van der Waals surface area contributed by atoms with Crippen LogP contribution in [-0.4, -0.2) is 0 Å². The topological polar surface area (TPSA) is 416 Å². The van der Waals surface area contributed by atoms with E-state index in [4.69, 9.17) is 105 Å². The molecule has 0 saturated carbocycles. The van der Waals surface area contributed by atoms with Gasteiger partial charge in [-0.15, -0.1) is 136 Å². The number of rotatable bonds is 16. The lowest BCUT2D eigenvalue weighted by Gasteiger charge is -1.94. The van der Waals surface area contributed by atoms with Crippen molar-refractivity contribution in [1.82, 2.24) is 0 Å². The predicted octanol–water partition coefficient (Wildman–Crippen LogP) is 28.3. The Morgan fingerprint density at radius 3 is 0.414 bits per heavy atom. The molecule has 0 aliphatic rings. The molecule has 36 heteroatoms. The van der Waals surface area contributed by atoms with Crippen LogP contribution in [0.3, 0.4) is 0 Å². The van der Waals surface area contributed by atoms with Crippen molar-refractivity contribution in [3.63, 3.8) is 0 Å². The van der Waals surface area contributed by atoms with E-state index in [1.165, 1.54) is 136 Å². The molecule has 0 spiro atoms. The summed E-state index contributed by atoms with van der Waals surface area (Å²) in [6.07, 6.45) is 0. The molecule has 0 aliphatic carbocycles. The average Bonchev–Trinajstić information content (AvgIpc) is 1.67. The normalized spacial score (nSPS) is 10.6. The second-order valence-corrected chi connectivity index (χ2v) is 35.4. The third kappa shape index (κ3) is 22.6. The van der Waals surface area contributed by atoms with Gasteiger partial charge in [0, 0.05) is 117 Å². The average molecular weight is 1860 g/mol. The van der Waals surface area contributed by atoms with Crippen LogP contribution in [0.4, 0.5) is 0 Å². The smallest absolute Gasteiger partial charge is 0.234 e. The number of hydrogen-bond acceptors (Lipinski definition) is 28. The molecule has 12 aromatic rings. The van der Waals surface area contributed by atoms with Gasteiger partial charge < -0.3 is 0 Å². The Hall–Kier alpha value is -17.9. The minimum Gasteiger partial charge on any atom is -0.234 e. The third-order valence-corrected chi connectivity index (χ3v) is 30.4. The Labute approximate surface area is 781 Å². The maximum absolute atomic E-state index is 9.33. The van der Waals surface area contributed by atoms with Crippen molar-refractivity contribution < 1.29 is 0 Å². The number of allylic oxidation sites excluding steroid dienone is 14. The van der Waals surface area contributed by atoms with Crippen molar-refractivity contribution in [2.75, 3.05) is 0 Å². The van der Waals surface area contributed by atoms with Crippen LogP contribution in [0.2, 0.25) is 0 Å². The molecular weight excluding hydrogens is 1830 g/mol. The third-order valence-electron chi connectivity index (χ3n) is 15.7. The Balaban J connectivity index is 0.000000231. The first-order chi connectivity index (χ1) is 62.4. The van der Waals surface area contributed by atoms with Gasteiger partial charge in [-0.3, -0.25) is 0 Å². The first-order valence-corrected chi connectivity index (χ1v) is 44.8. The van der Waals surface area contributed by atoms with E-state index in [9.17, 15) is 31.6 Å². The molecule has 0 aromatic carbocycles. The van der Waals surface area contributed by atoms with Gasteiger partial charge >= 0.3 is 0 Å². The van der Waals surface area contributed by atoms with Crippen LogP contribution < -0.4 is 0 Å². The highest BCUT2D eigenvalue weighted by atomic mass is 32.1. The first-order valence-electron chi connectivity index (χ1n) is 35.0. The van der Waals surface area contributed by atoms with Gasteiger partial charge in [-0.2, -0.15) is 52.6 Å². The minimum atomic E-state index is -0.230. The van der Waals surface area contributed by atoms with E-state index < -0.39 is 0 Å². The molecule has 0 unspecified atom stereocenters. The molecule has 0 fully saturated rings. The largest absolute Gasteiger partial charge is 0.280 e. The van der Waals surface area contributed by atoms with E-state index in [1.54, 1.807) is 109 Å². The molecular formula is C92H36N24S12. The van der Waals surface area contributed by atoms with Crippen molar-refractivity contribution in [1.29, 1.82) is 84.2 Å². The monoisotopic (exact) mass is 1860 g/mol. The van der Waals surface area contributed by atoms with E-state index in [2.05, 4.69) is 38.8 Å². The molecule has 0 N–H and O–H groups in total. The fourth-order valence-corrected chi connectivity index (χ4v) is 22.9. The molecule has 24 nitrogen and oxygen atoms in total. The van der Waals surface area contributed by atoms with Crippen molar-refractivity contribution in [2.45, 2.75) is 27.7 Å². The highest BCUT2D eigenvalue weighted by Gasteiger charge is 2.23. The lowest BCUT2D eigenvalue weighted by molar-refractivity contribution is 1.46. The Kier molecular flexibility index (Phi) is 36.8. The van der Waals surface area contributed by atoms with Crippen molar-refractivity contribution in [2.24, 2.45) is 0 Å². The fraction of sp³-hybridized carbons (Fsp3) is 0.0435. The fourth-order valence-electron chi connectivity index (χ4n) is 10.1. The molecule has 0 bridgehead atoms. The Morgan fingerprint density at radius 2 is 0.297 bits per heavy atom. The van der Waals surface area contributed by atoms with Gasteiger partial charge in [0.15, 0.2) is 0 Å². The molecule has 12 rings (SSSR count). The zero-order valence-corrected chi connectivity index (χ0v) is 75.3. The summed E-state index contributed by atoms with van der Waals surface area (Å²) < 4.78 is 0. The standard InChI is InChI=1S/4C22H6N6S3.2C2H6/c3*1-27-15(11-25)13(9-23)17-3-5-19(29-17)21-7-8-22(31-21)20-6-4-18(30-20)14(10-24)16(12-26)28-2;1-27-21(13(9-23)10-24)19-7-5-17(30-19)15-3-4-16(29-15)18-6-8-20(31-18)22(28-2)14(11-25)12-26;2*1-2/h4*3-8H;2*1-2H3/b3*15-13-,16-14-;;;. The van der Waals surface area contributed by atoms with Gasteiger partial charge in [-0.05, 0) is 133 Å². The molecule has 12 aromatic heterocycles. The van der Waals surface area contributed by atoms with Crippen LogP contribution in [0, 0.1) is 234 Å². The molecule has 0 aliphatic heterocycles. The van der Waals surface area contributed by atoms with Gasteiger partial charge in [0.1, 0.15) is 11.1 Å². The highest BCUT2D eigenvalue weighted by Crippen LogP contribution is 2.48. The van der Waals surface area contributed by atoms with Gasteiger partial charge in [0.25, 0.3) is 34.2 Å². The van der Waals surface area contributed by atoms with Gasteiger partial charge in [0.2, 0.25) is 11.4 Å². The molecule has 0 radical (unpaired) electrons. The summed E-state index contributed by atoms with van der Waals surface area (Å²) >= 11 is 16.7. The summed E-state index contributed by atoms with van der Waals surface area (Å²) in [4.78, 5) is 44.7. The van der Waals surface area contributed by atoms with Gasteiger partial charge in [-0.1, -0.05) is 39.8 Å². The van der Waals surface area contributed by atoms with E-state index in [1.807, 2.05) is 161 Å². The highest BCUT2D eigenvalue weighted by molar-refractivity contribution is 7.29. The summed E-state index contributed by atoms with van der Waals surface area (Å²) in [6, 6.07) is 73.2. The number of nitriles is 16. The maximum atomic E-state index is 9.33. The lowest BCUT2D eigenvalue weighted by atomic mass is 10.2. The molecule has 0 saturated heterocycles. The molecule has 596 valence electrons. The minimum absolute atomic E-state index is 0.0465. The van der Waals surface area contributed by atoms with Crippen LogP contribution in [0.1, 0.15) is 66.7 Å². The van der Waals surface area contributed by atoms with Gasteiger partial charge in [-0.25, -0.2) is 70.3 Å². The second-order valence-electron chi connectivity index (χ2n) is 22.4. The summed E-state index contributed by atoms with van der Waals surface area (Å²) in [6.45, 7) is 64.9. The van der Waals surface area contributed by atoms with Gasteiger partial charge in [0.05, 0.1) is 183 Å². The van der Waals surface area contributed by atoms with E-state index >= 15 is 0 Å². The molecule has 0 amide bonds. The molecule has 12 heterocycles. The van der Waals surface area contributed by atoms with E-state index in [0.29, 0.717) is 39.0 Å². The van der Waals surface area contributed by atoms with Crippen LogP contribution in [0.5, 0.6) is 0 Å². The Bertz CT molecular complexity index is 6350. The molecule has 128 heavy (non-hydrogen) atoms. The first kappa shape index (κ1) is 97.2. The van der Waals surface area contributed by atoms with Crippen molar-refractivity contribution in [3.05, 3.63) is 321 Å². The lowest BCUT2D eigenvalue weighted by Crippen LogP contribution is -1.79. The quantitative estimate of drug-likeness (QED) is 0.0640. The number of thiophene rings is 12. The van der Waals surface area contributed by atoms with Crippen LogP contribution >= 0.6 is 136 Å². The van der Waals surface area contributed by atoms with Crippen molar-refractivity contribution in [3.8, 4) is 175 Å². The van der Waals surface area contributed by atoms with Crippen LogP contribution in [0.15, 0.2) is 191 Å². The second kappa shape index (κ2) is 48.5. The summed E-state index contributed by atoms with van der Waals surface area (Å²) in [5, 5.41) is 146. The molecule has 0 atom stereocenters. The maximum Gasteiger partial charge on any atom is 0.280 e. The van der Waals surface area contributed by atoms with E-state index in [0.717, 1.165) is 78.0 Å².